The SMILES string of the molecule is Cc1cc(C2C(c3ccccn3)NC(=S)N2c2ccc(Oc3ccccc3)cc2)c(C)n1C(C)C. The third kappa shape index (κ3) is 4.42. The van der Waals surface area contributed by atoms with E-state index in [1.165, 1.54) is 17.0 Å². The first-order valence-electron chi connectivity index (χ1n) is 12.0. The monoisotopic (exact) mass is 482 g/mol. The van der Waals surface area contributed by atoms with Gasteiger partial charge in [0.25, 0.3) is 0 Å². The van der Waals surface area contributed by atoms with Gasteiger partial charge < -0.3 is 19.5 Å². The number of nitrogens with one attached hydrogen (secondary N) is 1. The number of pyridine rings is 1. The van der Waals surface area contributed by atoms with Gasteiger partial charge in [-0.25, -0.2) is 0 Å². The zero-order chi connectivity index (χ0) is 24.5. The Balaban J connectivity index is 1.55. The molecule has 0 spiro atoms. The van der Waals surface area contributed by atoms with Crippen LogP contribution in [0, 0.1) is 13.8 Å². The number of nitrogens with zero attached hydrogens (tertiary/aromatic N) is 3. The van der Waals surface area contributed by atoms with Crippen molar-refractivity contribution in [1.82, 2.24) is 14.9 Å². The van der Waals surface area contributed by atoms with Gasteiger partial charge in [0, 0.05) is 29.3 Å². The quantitative estimate of drug-likeness (QED) is 0.298. The van der Waals surface area contributed by atoms with E-state index in [4.69, 9.17) is 17.0 Å². The molecule has 0 amide bonds. The van der Waals surface area contributed by atoms with Crippen molar-refractivity contribution in [2.75, 3.05) is 4.90 Å². The molecule has 178 valence electrons. The van der Waals surface area contributed by atoms with Gasteiger partial charge in [-0.3, -0.25) is 4.98 Å². The van der Waals surface area contributed by atoms with Gasteiger partial charge in [0.05, 0.1) is 17.8 Å². The van der Waals surface area contributed by atoms with Crippen molar-refractivity contribution in [2.45, 2.75) is 45.8 Å². The fraction of sp³-hybridized carbons (Fsp3) is 0.241. The lowest BCUT2D eigenvalue weighted by Gasteiger charge is -2.28. The highest BCUT2D eigenvalue weighted by Gasteiger charge is 2.42. The molecule has 5 nitrogen and oxygen atoms in total. The summed E-state index contributed by atoms with van der Waals surface area (Å²) in [6.07, 6.45) is 1.84. The summed E-state index contributed by atoms with van der Waals surface area (Å²) >= 11 is 5.90. The minimum atomic E-state index is -0.0648. The van der Waals surface area contributed by atoms with Crippen molar-refractivity contribution >= 4 is 23.0 Å². The Bertz CT molecular complexity index is 1320. The van der Waals surface area contributed by atoms with Crippen LogP contribution in [0.5, 0.6) is 11.5 Å². The number of aryl methyl sites for hydroxylation is 1. The van der Waals surface area contributed by atoms with Crippen molar-refractivity contribution < 1.29 is 4.74 Å². The van der Waals surface area contributed by atoms with Crippen LogP contribution < -0.4 is 15.0 Å². The van der Waals surface area contributed by atoms with Crippen LogP contribution in [0.25, 0.3) is 0 Å². The number of hydrogen-bond donors (Lipinski definition) is 1. The van der Waals surface area contributed by atoms with E-state index in [0.717, 1.165) is 22.9 Å². The van der Waals surface area contributed by atoms with Crippen LogP contribution in [-0.4, -0.2) is 14.7 Å². The first-order chi connectivity index (χ1) is 16.9. The molecular weight excluding hydrogens is 452 g/mol. The summed E-state index contributed by atoms with van der Waals surface area (Å²) in [6, 6.07) is 26.6. The standard InChI is InChI=1S/C29H30N4OS/c1-19(2)32-20(3)18-25(21(32)4)28-27(26-12-8-9-17-30-26)31-29(35)33(28)22-13-15-24(16-14-22)34-23-10-6-5-7-11-23/h5-19,27-28H,1-4H3,(H,31,35). The van der Waals surface area contributed by atoms with Gasteiger partial charge >= 0.3 is 0 Å². The molecule has 5 rings (SSSR count). The number of benzene rings is 2. The summed E-state index contributed by atoms with van der Waals surface area (Å²) in [5.41, 5.74) is 5.74. The van der Waals surface area contributed by atoms with E-state index in [9.17, 15) is 0 Å². The third-order valence-corrected chi connectivity index (χ3v) is 6.86. The molecule has 2 unspecified atom stereocenters. The molecule has 0 saturated carbocycles. The second-order valence-electron chi connectivity index (χ2n) is 9.20. The van der Waals surface area contributed by atoms with Gasteiger partial charge in [0.2, 0.25) is 0 Å². The molecule has 1 aliphatic heterocycles. The predicted molar refractivity (Wildman–Crippen MR) is 145 cm³/mol. The molecule has 1 aliphatic rings. The number of aromatic nitrogens is 2. The lowest BCUT2D eigenvalue weighted by atomic mass is 9.96. The molecule has 2 aromatic heterocycles. The highest BCUT2D eigenvalue weighted by atomic mass is 32.1. The number of anilines is 1. The van der Waals surface area contributed by atoms with E-state index in [0.29, 0.717) is 11.2 Å². The molecule has 0 radical (unpaired) electrons. The van der Waals surface area contributed by atoms with Gasteiger partial charge in [-0.1, -0.05) is 24.3 Å². The van der Waals surface area contributed by atoms with Gasteiger partial charge in [-0.2, -0.15) is 0 Å². The van der Waals surface area contributed by atoms with Crippen molar-refractivity contribution in [3.05, 3.63) is 108 Å². The number of hydrogen-bond acceptors (Lipinski definition) is 3. The van der Waals surface area contributed by atoms with Gasteiger partial charge in [0.1, 0.15) is 11.5 Å². The Hall–Kier alpha value is -3.64. The van der Waals surface area contributed by atoms with E-state index in [1.54, 1.807) is 0 Å². The summed E-state index contributed by atoms with van der Waals surface area (Å²) in [5, 5.41) is 4.25. The maximum Gasteiger partial charge on any atom is 0.174 e. The van der Waals surface area contributed by atoms with E-state index < -0.39 is 0 Å². The topological polar surface area (TPSA) is 42.3 Å². The maximum atomic E-state index is 6.01. The van der Waals surface area contributed by atoms with Crippen molar-refractivity contribution in [3.63, 3.8) is 0 Å². The van der Waals surface area contributed by atoms with Gasteiger partial charge in [-0.05, 0) is 100 Å². The number of rotatable bonds is 6. The highest BCUT2D eigenvalue weighted by Crippen LogP contribution is 2.44. The summed E-state index contributed by atoms with van der Waals surface area (Å²) in [7, 11) is 0. The van der Waals surface area contributed by atoms with Crippen LogP contribution in [0.15, 0.2) is 85.1 Å². The van der Waals surface area contributed by atoms with E-state index in [2.05, 4.69) is 71.7 Å². The normalized spacial score (nSPS) is 17.6. The Morgan fingerprint density at radius 3 is 2.23 bits per heavy atom. The van der Waals surface area contributed by atoms with E-state index in [-0.39, 0.29) is 12.1 Å². The first kappa shape index (κ1) is 23.1. The third-order valence-electron chi connectivity index (χ3n) is 6.55. The Morgan fingerprint density at radius 2 is 1.60 bits per heavy atom. The largest absolute Gasteiger partial charge is 0.457 e. The summed E-state index contributed by atoms with van der Waals surface area (Å²) in [6.45, 7) is 8.82. The van der Waals surface area contributed by atoms with Crippen molar-refractivity contribution in [2.24, 2.45) is 0 Å². The molecular formula is C29H30N4OS. The smallest absolute Gasteiger partial charge is 0.174 e. The molecule has 0 bridgehead atoms. The number of para-hydroxylation sites is 1. The highest BCUT2D eigenvalue weighted by molar-refractivity contribution is 7.80. The second kappa shape index (κ2) is 9.55. The molecule has 35 heavy (non-hydrogen) atoms. The average Bonchev–Trinajstić information content (AvgIpc) is 3.36. The minimum absolute atomic E-state index is 0.0306. The van der Waals surface area contributed by atoms with Crippen LogP contribution >= 0.6 is 12.2 Å². The zero-order valence-electron chi connectivity index (χ0n) is 20.5. The number of ether oxygens (including phenoxy) is 1. The van der Waals surface area contributed by atoms with Crippen LogP contribution in [-0.2, 0) is 0 Å². The fourth-order valence-corrected chi connectivity index (χ4v) is 5.49. The molecule has 3 heterocycles. The summed E-state index contributed by atoms with van der Waals surface area (Å²) in [4.78, 5) is 6.89. The molecule has 6 heteroatoms. The molecule has 1 saturated heterocycles. The predicted octanol–water partition coefficient (Wildman–Crippen LogP) is 7.05. The Morgan fingerprint density at radius 1 is 0.914 bits per heavy atom. The average molecular weight is 483 g/mol. The van der Waals surface area contributed by atoms with E-state index >= 15 is 0 Å². The molecule has 1 fully saturated rings. The molecule has 2 atom stereocenters. The summed E-state index contributed by atoms with van der Waals surface area (Å²) in [5.74, 6) is 1.60. The number of thiocarbonyl (C=S) groups is 1. The minimum Gasteiger partial charge on any atom is -0.457 e. The first-order valence-corrected chi connectivity index (χ1v) is 12.4. The molecule has 2 aromatic carbocycles. The second-order valence-corrected chi connectivity index (χ2v) is 9.58. The van der Waals surface area contributed by atoms with Crippen molar-refractivity contribution in [3.8, 4) is 11.5 Å². The molecule has 0 aliphatic carbocycles. The van der Waals surface area contributed by atoms with Crippen LogP contribution in [0.3, 0.4) is 0 Å². The molecule has 1 N–H and O–H groups in total. The van der Waals surface area contributed by atoms with Crippen molar-refractivity contribution in [1.29, 1.82) is 0 Å². The lowest BCUT2D eigenvalue weighted by molar-refractivity contribution is 0.482. The van der Waals surface area contributed by atoms with Gasteiger partial charge in [-0.15, -0.1) is 0 Å². The summed E-state index contributed by atoms with van der Waals surface area (Å²) < 4.78 is 8.40. The fourth-order valence-electron chi connectivity index (χ4n) is 5.15. The lowest BCUT2D eigenvalue weighted by Crippen LogP contribution is -2.29. The van der Waals surface area contributed by atoms with Crippen LogP contribution in [0.2, 0.25) is 0 Å². The Kier molecular flexibility index (Phi) is 6.31. The van der Waals surface area contributed by atoms with E-state index in [1.807, 2.05) is 60.8 Å². The van der Waals surface area contributed by atoms with Crippen LogP contribution in [0.4, 0.5) is 5.69 Å². The van der Waals surface area contributed by atoms with Crippen LogP contribution in [0.1, 0.15) is 54.6 Å². The van der Waals surface area contributed by atoms with Gasteiger partial charge in [0.15, 0.2) is 5.11 Å². The maximum absolute atomic E-state index is 6.01. The zero-order valence-corrected chi connectivity index (χ0v) is 21.3. The Labute approximate surface area is 212 Å². The molecule has 4 aromatic rings.